The highest BCUT2D eigenvalue weighted by Gasteiger charge is 2.05. The number of esters is 1. The van der Waals surface area contributed by atoms with E-state index in [1.165, 1.54) is 0 Å². The van der Waals surface area contributed by atoms with Crippen LogP contribution >= 0.6 is 0 Å². The molecule has 0 saturated carbocycles. The number of hydrogen-bond acceptors (Lipinski definition) is 3. The molecule has 6 nitrogen and oxygen atoms in total. The fourth-order valence-corrected chi connectivity index (χ4v) is 1.82. The van der Waals surface area contributed by atoms with Crippen LogP contribution in [0.15, 0.2) is 30.5 Å². The summed E-state index contributed by atoms with van der Waals surface area (Å²) in [5.74, 6) is -0.448. The van der Waals surface area contributed by atoms with Crippen molar-refractivity contribution in [3.63, 3.8) is 0 Å². The standard InChI is InChI=1S/C14H17N3O3/c1-2-20-13(18)9-17-14(19)16-8-10-3-4-12-11(7-10)5-6-15-12/h3-7,15H,2,8-9H2,1H3,(H2,16,17,19). The van der Waals surface area contributed by atoms with E-state index >= 15 is 0 Å². The summed E-state index contributed by atoms with van der Waals surface area (Å²) in [6.07, 6.45) is 1.87. The second-order valence-corrected chi connectivity index (χ2v) is 4.24. The minimum Gasteiger partial charge on any atom is -0.465 e. The highest BCUT2D eigenvalue weighted by atomic mass is 16.5. The second-order valence-electron chi connectivity index (χ2n) is 4.24. The first kappa shape index (κ1) is 13.9. The molecular weight excluding hydrogens is 258 g/mol. The highest BCUT2D eigenvalue weighted by molar-refractivity contribution is 5.81. The number of carbonyl (C=O) groups excluding carboxylic acids is 2. The van der Waals surface area contributed by atoms with E-state index in [4.69, 9.17) is 4.74 Å². The van der Waals surface area contributed by atoms with Gasteiger partial charge in [-0.05, 0) is 36.1 Å². The summed E-state index contributed by atoms with van der Waals surface area (Å²) in [6.45, 7) is 2.29. The van der Waals surface area contributed by atoms with Crippen molar-refractivity contribution >= 4 is 22.9 Å². The molecule has 0 aliphatic heterocycles. The monoisotopic (exact) mass is 275 g/mol. The van der Waals surface area contributed by atoms with Crippen molar-refractivity contribution in [3.8, 4) is 0 Å². The third-order valence-corrected chi connectivity index (χ3v) is 2.77. The Labute approximate surface area is 116 Å². The Morgan fingerprint density at radius 1 is 1.25 bits per heavy atom. The van der Waals surface area contributed by atoms with E-state index in [2.05, 4.69) is 15.6 Å². The van der Waals surface area contributed by atoms with Crippen LogP contribution in [0.3, 0.4) is 0 Å². The molecule has 0 fully saturated rings. The molecule has 0 radical (unpaired) electrons. The molecule has 2 aromatic rings. The molecule has 1 aromatic carbocycles. The molecule has 0 bridgehead atoms. The van der Waals surface area contributed by atoms with E-state index < -0.39 is 12.0 Å². The molecule has 2 rings (SSSR count). The third kappa shape index (κ3) is 3.74. The van der Waals surface area contributed by atoms with E-state index in [1.807, 2.05) is 30.5 Å². The molecule has 0 atom stereocenters. The number of H-pyrrole nitrogens is 1. The zero-order valence-corrected chi connectivity index (χ0v) is 11.2. The van der Waals surface area contributed by atoms with E-state index in [9.17, 15) is 9.59 Å². The van der Waals surface area contributed by atoms with Crippen LogP contribution in [0, 0.1) is 0 Å². The lowest BCUT2D eigenvalue weighted by atomic mass is 10.1. The summed E-state index contributed by atoms with van der Waals surface area (Å²) >= 11 is 0. The van der Waals surface area contributed by atoms with Gasteiger partial charge in [0.1, 0.15) is 6.54 Å². The minimum atomic E-state index is -0.448. The van der Waals surface area contributed by atoms with Crippen molar-refractivity contribution in [2.45, 2.75) is 13.5 Å². The van der Waals surface area contributed by atoms with Gasteiger partial charge in [-0.15, -0.1) is 0 Å². The minimum absolute atomic E-state index is 0.128. The predicted octanol–water partition coefficient (Wildman–Crippen LogP) is 1.53. The van der Waals surface area contributed by atoms with Gasteiger partial charge in [-0.1, -0.05) is 6.07 Å². The average molecular weight is 275 g/mol. The zero-order valence-electron chi connectivity index (χ0n) is 11.2. The summed E-state index contributed by atoms with van der Waals surface area (Å²) in [5, 5.41) is 6.22. The molecule has 106 valence electrons. The van der Waals surface area contributed by atoms with Gasteiger partial charge in [-0.3, -0.25) is 4.79 Å². The summed E-state index contributed by atoms with van der Waals surface area (Å²) in [6, 6.07) is 7.47. The smallest absolute Gasteiger partial charge is 0.325 e. The number of nitrogens with one attached hydrogen (secondary N) is 3. The molecule has 6 heteroatoms. The summed E-state index contributed by atoms with van der Waals surface area (Å²) < 4.78 is 4.71. The van der Waals surface area contributed by atoms with Gasteiger partial charge >= 0.3 is 12.0 Å². The molecular formula is C14H17N3O3. The van der Waals surface area contributed by atoms with Gasteiger partial charge in [0.25, 0.3) is 0 Å². The predicted molar refractivity (Wildman–Crippen MR) is 75.2 cm³/mol. The van der Waals surface area contributed by atoms with E-state index in [-0.39, 0.29) is 6.54 Å². The van der Waals surface area contributed by atoms with Gasteiger partial charge in [-0.25, -0.2) is 4.79 Å². The Hall–Kier alpha value is -2.50. The quantitative estimate of drug-likeness (QED) is 0.724. The first-order chi connectivity index (χ1) is 9.69. The maximum absolute atomic E-state index is 11.5. The van der Waals surface area contributed by atoms with Gasteiger partial charge in [0, 0.05) is 18.3 Å². The van der Waals surface area contributed by atoms with Crippen molar-refractivity contribution in [2.24, 2.45) is 0 Å². The molecule has 0 spiro atoms. The maximum atomic E-state index is 11.5. The van der Waals surface area contributed by atoms with Crippen molar-refractivity contribution in [3.05, 3.63) is 36.0 Å². The summed E-state index contributed by atoms with van der Waals surface area (Å²) in [5.41, 5.74) is 2.05. The van der Waals surface area contributed by atoms with Crippen LogP contribution in [0.1, 0.15) is 12.5 Å². The van der Waals surface area contributed by atoms with E-state index in [0.717, 1.165) is 16.5 Å². The van der Waals surface area contributed by atoms with E-state index in [0.29, 0.717) is 13.2 Å². The number of aromatic amines is 1. The SMILES string of the molecule is CCOC(=O)CNC(=O)NCc1ccc2[nH]ccc2c1. The fourth-order valence-electron chi connectivity index (χ4n) is 1.82. The number of carbonyl (C=O) groups is 2. The van der Waals surface area contributed by atoms with Crippen molar-refractivity contribution < 1.29 is 14.3 Å². The Balaban J connectivity index is 1.79. The lowest BCUT2D eigenvalue weighted by molar-refractivity contribution is -0.141. The molecule has 1 aromatic heterocycles. The molecule has 2 amide bonds. The number of hydrogen-bond donors (Lipinski definition) is 3. The number of fused-ring (bicyclic) bond motifs is 1. The fraction of sp³-hybridized carbons (Fsp3) is 0.286. The summed E-state index contributed by atoms with van der Waals surface area (Å²) in [7, 11) is 0. The van der Waals surface area contributed by atoms with Gasteiger partial charge in [0.05, 0.1) is 6.61 Å². The van der Waals surface area contributed by atoms with Crippen LogP contribution in [0.5, 0.6) is 0 Å². The van der Waals surface area contributed by atoms with Crippen LogP contribution in [-0.4, -0.2) is 30.1 Å². The van der Waals surface area contributed by atoms with Crippen LogP contribution in [0.2, 0.25) is 0 Å². The van der Waals surface area contributed by atoms with Crippen LogP contribution in [-0.2, 0) is 16.1 Å². The highest BCUT2D eigenvalue weighted by Crippen LogP contribution is 2.13. The van der Waals surface area contributed by atoms with Crippen molar-refractivity contribution in [1.29, 1.82) is 0 Å². The largest absolute Gasteiger partial charge is 0.465 e. The van der Waals surface area contributed by atoms with Gasteiger partial charge in [0.15, 0.2) is 0 Å². The first-order valence-electron chi connectivity index (χ1n) is 6.42. The Kier molecular flexibility index (Phi) is 4.60. The van der Waals surface area contributed by atoms with Crippen LogP contribution in [0.4, 0.5) is 4.79 Å². The van der Waals surface area contributed by atoms with E-state index in [1.54, 1.807) is 6.92 Å². The molecule has 1 heterocycles. The van der Waals surface area contributed by atoms with Crippen LogP contribution < -0.4 is 10.6 Å². The second kappa shape index (κ2) is 6.60. The number of benzene rings is 1. The first-order valence-corrected chi connectivity index (χ1v) is 6.42. The number of rotatable bonds is 5. The normalized spacial score (nSPS) is 10.2. The third-order valence-electron chi connectivity index (χ3n) is 2.77. The summed E-state index contributed by atoms with van der Waals surface area (Å²) in [4.78, 5) is 25.7. The molecule has 0 saturated heterocycles. The Morgan fingerprint density at radius 2 is 2.10 bits per heavy atom. The number of aromatic nitrogens is 1. The lowest BCUT2D eigenvalue weighted by Gasteiger charge is -2.07. The Morgan fingerprint density at radius 3 is 2.90 bits per heavy atom. The van der Waals surface area contributed by atoms with Crippen molar-refractivity contribution in [1.82, 2.24) is 15.6 Å². The Bertz CT molecular complexity index is 606. The number of amides is 2. The molecule has 3 N–H and O–H groups in total. The molecule has 0 aliphatic rings. The maximum Gasteiger partial charge on any atom is 0.325 e. The van der Waals surface area contributed by atoms with Gasteiger partial charge in [0.2, 0.25) is 0 Å². The molecule has 0 aliphatic carbocycles. The number of ether oxygens (including phenoxy) is 1. The van der Waals surface area contributed by atoms with Gasteiger partial charge in [-0.2, -0.15) is 0 Å². The topological polar surface area (TPSA) is 83.2 Å². The molecule has 0 unspecified atom stereocenters. The average Bonchev–Trinajstić information content (AvgIpc) is 2.90. The lowest BCUT2D eigenvalue weighted by Crippen LogP contribution is -2.38. The zero-order chi connectivity index (χ0) is 14.4. The number of urea groups is 1. The van der Waals surface area contributed by atoms with Crippen LogP contribution in [0.25, 0.3) is 10.9 Å². The molecule has 20 heavy (non-hydrogen) atoms. The van der Waals surface area contributed by atoms with Gasteiger partial charge < -0.3 is 20.4 Å². The van der Waals surface area contributed by atoms with Crippen molar-refractivity contribution in [2.75, 3.05) is 13.2 Å².